The summed E-state index contributed by atoms with van der Waals surface area (Å²) in [4.78, 5) is 0. The molecule has 2 aromatic carbocycles. The van der Waals surface area contributed by atoms with Gasteiger partial charge in [-0.1, -0.05) is 52.0 Å². The predicted molar refractivity (Wildman–Crippen MR) is 85.6 cm³/mol. The molecule has 0 N–H and O–H groups in total. The monoisotopic (exact) mass is 290 g/mol. The van der Waals surface area contributed by atoms with Gasteiger partial charge in [-0.2, -0.15) is 0 Å². The minimum Gasteiger partial charge on any atom is -0.207 e. The lowest BCUT2D eigenvalue weighted by atomic mass is 9.99. The highest BCUT2D eigenvalue weighted by Crippen LogP contribution is 2.18. The van der Waals surface area contributed by atoms with Gasteiger partial charge < -0.3 is 0 Å². The minimum atomic E-state index is -0.147. The van der Waals surface area contributed by atoms with Crippen LogP contribution in [-0.4, -0.2) is 0 Å². The zero-order valence-electron chi connectivity index (χ0n) is 13.2. The van der Waals surface area contributed by atoms with Crippen LogP contribution in [0.1, 0.15) is 57.1 Å². The molecule has 0 radical (unpaired) electrons. The van der Waals surface area contributed by atoms with Gasteiger partial charge in [-0.3, -0.25) is 0 Å². The summed E-state index contributed by atoms with van der Waals surface area (Å²) in [5, 5.41) is 0. The van der Waals surface area contributed by atoms with Crippen molar-refractivity contribution in [3.8, 4) is 0 Å². The van der Waals surface area contributed by atoms with Crippen molar-refractivity contribution < 1.29 is 8.78 Å². The lowest BCUT2D eigenvalue weighted by molar-refractivity contribution is 0.619. The molecule has 0 spiro atoms. The molecule has 0 fully saturated rings. The summed E-state index contributed by atoms with van der Waals surface area (Å²) in [6.45, 7) is 8.31. The summed E-state index contributed by atoms with van der Waals surface area (Å²) in [5.74, 6) is 0.593. The third-order valence-electron chi connectivity index (χ3n) is 3.55. The van der Waals surface area contributed by atoms with Crippen LogP contribution in [-0.2, 0) is 0 Å². The second kappa shape index (κ2) is 8.56. The Balaban J connectivity index is 0.000000211. The molecule has 0 aliphatic rings. The standard InChI is InChI=1S/C10H13F.C9H11F/c1-3-8(2)9-5-4-6-10(11)7-9;1-7(2)8-4-3-5-9(10)6-8/h4-8H,3H2,1-2H3;3-7H,1-2H3. The summed E-state index contributed by atoms with van der Waals surface area (Å²) in [7, 11) is 0. The molecule has 0 heterocycles. The Hall–Kier alpha value is -1.70. The lowest BCUT2D eigenvalue weighted by Crippen LogP contribution is -1.90. The van der Waals surface area contributed by atoms with E-state index in [9.17, 15) is 8.78 Å². The second-order valence-electron chi connectivity index (χ2n) is 5.57. The lowest BCUT2D eigenvalue weighted by Gasteiger charge is -2.07. The smallest absolute Gasteiger partial charge is 0.123 e. The molecule has 0 aliphatic heterocycles. The molecule has 114 valence electrons. The highest BCUT2D eigenvalue weighted by atomic mass is 19.1. The van der Waals surface area contributed by atoms with Crippen molar-refractivity contribution in [1.29, 1.82) is 0 Å². The third kappa shape index (κ3) is 6.07. The average molecular weight is 290 g/mol. The van der Waals surface area contributed by atoms with Crippen LogP contribution >= 0.6 is 0 Å². The quantitative estimate of drug-likeness (QED) is 0.623. The SMILES string of the molecule is CC(C)c1cccc(F)c1.CCC(C)c1cccc(F)c1. The third-order valence-corrected chi connectivity index (χ3v) is 3.55. The molecular weight excluding hydrogens is 266 g/mol. The Morgan fingerprint density at radius 3 is 1.67 bits per heavy atom. The molecule has 2 heteroatoms. The Morgan fingerprint density at radius 1 is 0.810 bits per heavy atom. The zero-order valence-corrected chi connectivity index (χ0v) is 13.2. The molecule has 0 nitrogen and oxygen atoms in total. The number of hydrogen-bond acceptors (Lipinski definition) is 0. The summed E-state index contributed by atoms with van der Waals surface area (Å²) >= 11 is 0. The molecule has 0 aliphatic carbocycles. The molecule has 0 saturated carbocycles. The van der Waals surface area contributed by atoms with Crippen LogP contribution in [0.5, 0.6) is 0 Å². The average Bonchev–Trinajstić information content (AvgIpc) is 2.47. The molecule has 2 aromatic rings. The summed E-state index contributed by atoms with van der Waals surface area (Å²) in [5.41, 5.74) is 2.15. The highest BCUT2D eigenvalue weighted by molar-refractivity contribution is 5.20. The first kappa shape index (κ1) is 17.4. The summed E-state index contributed by atoms with van der Waals surface area (Å²) in [6.07, 6.45) is 1.06. The predicted octanol–water partition coefficient (Wildman–Crippen LogP) is 6.29. The van der Waals surface area contributed by atoms with E-state index in [1.807, 2.05) is 12.1 Å². The van der Waals surface area contributed by atoms with Crippen LogP contribution in [0.15, 0.2) is 48.5 Å². The number of halogens is 2. The van der Waals surface area contributed by atoms with E-state index in [0.717, 1.165) is 17.5 Å². The van der Waals surface area contributed by atoms with E-state index in [1.54, 1.807) is 24.3 Å². The first-order valence-electron chi connectivity index (χ1n) is 7.45. The van der Waals surface area contributed by atoms with Crippen molar-refractivity contribution in [2.45, 2.75) is 46.0 Å². The molecule has 2 rings (SSSR count). The van der Waals surface area contributed by atoms with E-state index in [4.69, 9.17) is 0 Å². The van der Waals surface area contributed by atoms with Gasteiger partial charge in [0.15, 0.2) is 0 Å². The van der Waals surface area contributed by atoms with Gasteiger partial charge in [-0.05, 0) is 53.6 Å². The van der Waals surface area contributed by atoms with Crippen LogP contribution in [0.3, 0.4) is 0 Å². The maximum atomic E-state index is 12.7. The first-order valence-corrected chi connectivity index (χ1v) is 7.45. The van der Waals surface area contributed by atoms with Crippen molar-refractivity contribution >= 4 is 0 Å². The molecule has 1 unspecified atom stereocenters. The first-order chi connectivity index (χ1) is 9.93. The van der Waals surface area contributed by atoms with Crippen LogP contribution < -0.4 is 0 Å². The highest BCUT2D eigenvalue weighted by Gasteiger charge is 2.02. The van der Waals surface area contributed by atoms with Crippen LogP contribution in [0.2, 0.25) is 0 Å². The molecule has 0 saturated heterocycles. The topological polar surface area (TPSA) is 0 Å². The normalized spacial score (nSPS) is 11.8. The van der Waals surface area contributed by atoms with Gasteiger partial charge >= 0.3 is 0 Å². The van der Waals surface area contributed by atoms with E-state index in [-0.39, 0.29) is 11.6 Å². The Morgan fingerprint density at radius 2 is 1.29 bits per heavy atom. The van der Waals surface area contributed by atoms with Crippen LogP contribution in [0.25, 0.3) is 0 Å². The van der Waals surface area contributed by atoms with Crippen molar-refractivity contribution in [2.75, 3.05) is 0 Å². The Labute approximate surface area is 126 Å². The molecule has 0 amide bonds. The number of rotatable bonds is 3. The van der Waals surface area contributed by atoms with Gasteiger partial charge in [0, 0.05) is 0 Å². The van der Waals surface area contributed by atoms with E-state index in [1.165, 1.54) is 12.1 Å². The van der Waals surface area contributed by atoms with Crippen molar-refractivity contribution in [2.24, 2.45) is 0 Å². The minimum absolute atomic E-state index is 0.136. The fourth-order valence-electron chi connectivity index (χ4n) is 1.91. The molecule has 0 aromatic heterocycles. The van der Waals surface area contributed by atoms with E-state index >= 15 is 0 Å². The number of benzene rings is 2. The van der Waals surface area contributed by atoms with Crippen molar-refractivity contribution in [3.63, 3.8) is 0 Å². The molecule has 1 atom stereocenters. The van der Waals surface area contributed by atoms with Gasteiger partial charge in [0.25, 0.3) is 0 Å². The zero-order chi connectivity index (χ0) is 15.8. The maximum absolute atomic E-state index is 12.7. The van der Waals surface area contributed by atoms with Gasteiger partial charge in [-0.15, -0.1) is 0 Å². The second-order valence-corrected chi connectivity index (χ2v) is 5.57. The Bertz CT molecular complexity index is 547. The fraction of sp³-hybridized carbons (Fsp3) is 0.368. The van der Waals surface area contributed by atoms with E-state index in [0.29, 0.717) is 11.8 Å². The van der Waals surface area contributed by atoms with Crippen molar-refractivity contribution in [1.82, 2.24) is 0 Å². The largest absolute Gasteiger partial charge is 0.207 e. The summed E-state index contributed by atoms with van der Waals surface area (Å²) < 4.78 is 25.2. The molecular formula is C19H24F2. The molecule has 21 heavy (non-hydrogen) atoms. The fourth-order valence-corrected chi connectivity index (χ4v) is 1.91. The van der Waals surface area contributed by atoms with E-state index in [2.05, 4.69) is 27.7 Å². The van der Waals surface area contributed by atoms with Gasteiger partial charge in [0.05, 0.1) is 0 Å². The maximum Gasteiger partial charge on any atom is 0.123 e. The number of hydrogen-bond donors (Lipinski definition) is 0. The van der Waals surface area contributed by atoms with Crippen molar-refractivity contribution in [3.05, 3.63) is 71.3 Å². The van der Waals surface area contributed by atoms with Crippen LogP contribution in [0.4, 0.5) is 8.78 Å². The van der Waals surface area contributed by atoms with Gasteiger partial charge in [0.2, 0.25) is 0 Å². The van der Waals surface area contributed by atoms with Gasteiger partial charge in [-0.25, -0.2) is 8.78 Å². The summed E-state index contributed by atoms with van der Waals surface area (Å²) in [6, 6.07) is 13.5. The van der Waals surface area contributed by atoms with E-state index < -0.39 is 0 Å². The Kier molecular flexibility index (Phi) is 7.07. The molecule has 0 bridgehead atoms. The van der Waals surface area contributed by atoms with Gasteiger partial charge in [0.1, 0.15) is 11.6 Å². The van der Waals surface area contributed by atoms with Crippen LogP contribution in [0, 0.1) is 11.6 Å².